The predicted molar refractivity (Wildman–Crippen MR) is 82.5 cm³/mol. The van der Waals surface area contributed by atoms with E-state index in [-0.39, 0.29) is 23.2 Å². The van der Waals surface area contributed by atoms with Crippen LogP contribution in [0.1, 0.15) is 26.3 Å². The third kappa shape index (κ3) is 2.85. The molecule has 1 aliphatic heterocycles. The smallest absolute Gasteiger partial charge is 0.270 e. The number of amides is 2. The van der Waals surface area contributed by atoms with E-state index < -0.39 is 28.7 Å². The minimum Gasteiger partial charge on any atom is -0.548 e. The van der Waals surface area contributed by atoms with Crippen LogP contribution in [0.5, 0.6) is 0 Å². The lowest BCUT2D eigenvalue weighted by molar-refractivity contribution is -0.384. The second-order valence-electron chi connectivity index (χ2n) is 5.49. The lowest BCUT2D eigenvalue weighted by Gasteiger charge is -2.27. The maximum atomic E-state index is 12.5. The molecular weight excluding hydrogens is 328 g/mol. The fourth-order valence-electron chi connectivity index (χ4n) is 2.76. The molecule has 2 aromatic carbocycles. The molecule has 8 heteroatoms. The number of nitro benzene ring substituents is 1. The summed E-state index contributed by atoms with van der Waals surface area (Å²) in [4.78, 5) is 47.3. The van der Waals surface area contributed by atoms with E-state index in [1.807, 2.05) is 0 Å². The summed E-state index contributed by atoms with van der Waals surface area (Å²) in [6.45, 7) is 0. The summed E-state index contributed by atoms with van der Waals surface area (Å²) in [6, 6.07) is 10.2. The van der Waals surface area contributed by atoms with Gasteiger partial charge in [0.15, 0.2) is 0 Å². The van der Waals surface area contributed by atoms with Crippen molar-refractivity contribution in [1.29, 1.82) is 0 Å². The van der Waals surface area contributed by atoms with Crippen LogP contribution in [-0.4, -0.2) is 33.6 Å². The number of nitrogens with zero attached hydrogens (tertiary/aromatic N) is 2. The number of carboxylic acids is 1. The molecule has 1 atom stereocenters. The second kappa shape index (κ2) is 6.16. The summed E-state index contributed by atoms with van der Waals surface area (Å²) in [5, 5.41) is 22.4. The Morgan fingerprint density at radius 1 is 1.04 bits per heavy atom. The summed E-state index contributed by atoms with van der Waals surface area (Å²) >= 11 is 0. The zero-order valence-corrected chi connectivity index (χ0v) is 12.7. The number of non-ortho nitro benzene ring substituents is 1. The first-order valence-electron chi connectivity index (χ1n) is 7.31. The minimum atomic E-state index is -1.58. The number of carbonyl (C=O) groups is 3. The molecule has 0 aliphatic carbocycles. The van der Waals surface area contributed by atoms with Crippen molar-refractivity contribution >= 4 is 23.5 Å². The Labute approximate surface area is 141 Å². The molecule has 0 saturated carbocycles. The molecule has 0 unspecified atom stereocenters. The van der Waals surface area contributed by atoms with Crippen molar-refractivity contribution in [3.63, 3.8) is 0 Å². The normalized spacial score (nSPS) is 14.3. The molecule has 8 nitrogen and oxygen atoms in total. The van der Waals surface area contributed by atoms with Crippen molar-refractivity contribution in [1.82, 2.24) is 4.90 Å². The number of hydrogen-bond acceptors (Lipinski definition) is 6. The largest absolute Gasteiger partial charge is 0.548 e. The van der Waals surface area contributed by atoms with Crippen LogP contribution in [-0.2, 0) is 11.2 Å². The van der Waals surface area contributed by atoms with Gasteiger partial charge >= 0.3 is 0 Å². The fraction of sp³-hybridized carbons (Fsp3) is 0.118. The monoisotopic (exact) mass is 339 g/mol. The first-order chi connectivity index (χ1) is 11.9. The van der Waals surface area contributed by atoms with E-state index >= 15 is 0 Å². The van der Waals surface area contributed by atoms with E-state index in [4.69, 9.17) is 0 Å². The van der Waals surface area contributed by atoms with Crippen LogP contribution in [0.25, 0.3) is 0 Å². The van der Waals surface area contributed by atoms with E-state index in [1.54, 1.807) is 30.3 Å². The zero-order chi connectivity index (χ0) is 18.1. The second-order valence-corrected chi connectivity index (χ2v) is 5.49. The molecule has 1 heterocycles. The summed E-state index contributed by atoms with van der Waals surface area (Å²) in [7, 11) is 0. The standard InChI is InChI=1S/C17H12N2O6/c20-15-12-7-6-11(19(24)25)9-13(12)16(21)18(15)14(17(22)23)8-10-4-2-1-3-5-10/h1-7,9,14H,8H2,(H,22,23)/p-1/t14-/m1/s1. The van der Waals surface area contributed by atoms with Crippen LogP contribution in [0.3, 0.4) is 0 Å². The molecule has 2 aromatic rings. The van der Waals surface area contributed by atoms with Gasteiger partial charge in [-0.3, -0.25) is 24.6 Å². The predicted octanol–water partition coefficient (Wildman–Crippen LogP) is 0.552. The molecule has 0 fully saturated rings. The van der Waals surface area contributed by atoms with Gasteiger partial charge in [-0.15, -0.1) is 0 Å². The van der Waals surface area contributed by atoms with Gasteiger partial charge in [-0.2, -0.15) is 0 Å². The van der Waals surface area contributed by atoms with Gasteiger partial charge in [0.1, 0.15) is 0 Å². The highest BCUT2D eigenvalue weighted by Crippen LogP contribution is 2.29. The number of carbonyl (C=O) groups excluding carboxylic acids is 3. The van der Waals surface area contributed by atoms with Gasteiger partial charge in [0.05, 0.1) is 28.1 Å². The van der Waals surface area contributed by atoms with Crippen LogP contribution in [0.2, 0.25) is 0 Å². The topological polar surface area (TPSA) is 121 Å². The fourth-order valence-corrected chi connectivity index (χ4v) is 2.76. The SMILES string of the molecule is O=C([O-])[C@@H](Cc1ccccc1)N1C(=O)c2ccc([N+](=O)[O-])cc2C1=O. The highest BCUT2D eigenvalue weighted by atomic mass is 16.6. The van der Waals surface area contributed by atoms with Gasteiger partial charge < -0.3 is 9.90 Å². The van der Waals surface area contributed by atoms with Gasteiger partial charge in [0.25, 0.3) is 17.5 Å². The molecule has 1 aliphatic rings. The average molecular weight is 339 g/mol. The van der Waals surface area contributed by atoms with E-state index in [9.17, 15) is 29.6 Å². The Morgan fingerprint density at radius 3 is 2.28 bits per heavy atom. The van der Waals surface area contributed by atoms with Crippen molar-refractivity contribution in [2.75, 3.05) is 0 Å². The highest BCUT2D eigenvalue weighted by Gasteiger charge is 2.41. The average Bonchev–Trinajstić information content (AvgIpc) is 2.84. The van der Waals surface area contributed by atoms with Crippen LogP contribution in [0.4, 0.5) is 5.69 Å². The van der Waals surface area contributed by atoms with Gasteiger partial charge in [-0.25, -0.2) is 0 Å². The first kappa shape index (κ1) is 16.3. The van der Waals surface area contributed by atoms with E-state index in [0.29, 0.717) is 10.5 Å². The van der Waals surface area contributed by atoms with Gasteiger partial charge in [0, 0.05) is 12.1 Å². The number of aliphatic carboxylic acids is 1. The molecule has 0 saturated heterocycles. The van der Waals surface area contributed by atoms with E-state index in [0.717, 1.165) is 18.2 Å². The molecular formula is C17H11N2O6-. The van der Waals surface area contributed by atoms with Crippen LogP contribution in [0, 0.1) is 10.1 Å². The maximum Gasteiger partial charge on any atom is 0.270 e. The number of carboxylic acid groups (broad SMARTS) is 1. The third-order valence-electron chi connectivity index (χ3n) is 3.97. The molecule has 126 valence electrons. The molecule has 0 spiro atoms. The molecule has 2 amide bonds. The van der Waals surface area contributed by atoms with Gasteiger partial charge in [0.2, 0.25) is 0 Å². The van der Waals surface area contributed by atoms with Crippen LogP contribution >= 0.6 is 0 Å². The quantitative estimate of drug-likeness (QED) is 0.445. The maximum absolute atomic E-state index is 12.5. The Morgan fingerprint density at radius 2 is 1.68 bits per heavy atom. The Bertz CT molecular complexity index is 893. The summed E-state index contributed by atoms with van der Waals surface area (Å²) < 4.78 is 0. The van der Waals surface area contributed by atoms with Crippen LogP contribution < -0.4 is 5.11 Å². The molecule has 0 bridgehead atoms. The molecule has 3 rings (SSSR count). The highest BCUT2D eigenvalue weighted by molar-refractivity contribution is 6.22. The van der Waals surface area contributed by atoms with E-state index in [1.165, 1.54) is 0 Å². The van der Waals surface area contributed by atoms with Gasteiger partial charge in [-0.1, -0.05) is 30.3 Å². The lowest BCUT2D eigenvalue weighted by Crippen LogP contribution is -2.51. The number of rotatable bonds is 5. The van der Waals surface area contributed by atoms with Crippen molar-refractivity contribution in [2.45, 2.75) is 12.5 Å². The number of fused-ring (bicyclic) bond motifs is 1. The summed E-state index contributed by atoms with van der Waals surface area (Å²) in [6.07, 6.45) is -0.114. The third-order valence-corrected chi connectivity index (χ3v) is 3.97. The Hall–Kier alpha value is -3.55. The summed E-state index contributed by atoms with van der Waals surface area (Å²) in [5.41, 5.74) is 0.0162. The number of imide groups is 1. The molecule has 0 N–H and O–H groups in total. The lowest BCUT2D eigenvalue weighted by atomic mass is 10.0. The van der Waals surface area contributed by atoms with Crippen molar-refractivity contribution in [3.8, 4) is 0 Å². The molecule has 0 radical (unpaired) electrons. The van der Waals surface area contributed by atoms with Crippen LogP contribution in [0.15, 0.2) is 48.5 Å². The zero-order valence-electron chi connectivity index (χ0n) is 12.7. The van der Waals surface area contributed by atoms with Crippen molar-refractivity contribution in [3.05, 3.63) is 75.3 Å². The van der Waals surface area contributed by atoms with Crippen molar-refractivity contribution < 1.29 is 24.4 Å². The molecule has 25 heavy (non-hydrogen) atoms. The van der Waals surface area contributed by atoms with E-state index in [2.05, 4.69) is 0 Å². The Balaban J connectivity index is 1.98. The molecule has 0 aromatic heterocycles. The Kier molecular flexibility index (Phi) is 4.02. The summed E-state index contributed by atoms with van der Waals surface area (Å²) in [5.74, 6) is -3.26. The number of hydrogen-bond donors (Lipinski definition) is 0. The number of nitro groups is 1. The first-order valence-corrected chi connectivity index (χ1v) is 7.31. The van der Waals surface area contributed by atoms with Crippen molar-refractivity contribution in [2.24, 2.45) is 0 Å². The van der Waals surface area contributed by atoms with Gasteiger partial charge in [-0.05, 0) is 18.1 Å². The minimum absolute atomic E-state index is 0.0603. The number of benzene rings is 2.